The quantitative estimate of drug-likeness (QED) is 0.445. The molecule has 0 spiro atoms. The van der Waals surface area contributed by atoms with Crippen LogP contribution in [0, 0.1) is 0 Å². The van der Waals surface area contributed by atoms with Crippen molar-refractivity contribution >= 4 is 28.2 Å². The van der Waals surface area contributed by atoms with Gasteiger partial charge in [0.2, 0.25) is 5.43 Å². The summed E-state index contributed by atoms with van der Waals surface area (Å²) in [5.41, 5.74) is 0.977. The molecule has 0 aliphatic carbocycles. The molecule has 1 aliphatic heterocycles. The van der Waals surface area contributed by atoms with Gasteiger partial charge in [-0.05, 0) is 24.6 Å². The van der Waals surface area contributed by atoms with E-state index in [1.54, 1.807) is 24.3 Å². The predicted octanol–water partition coefficient (Wildman–Crippen LogP) is 2.21. The molecule has 3 rings (SSSR count). The number of H-pyrrole nitrogens is 1. The molecule has 164 valence electrons. The smallest absolute Gasteiger partial charge is 0.265 e. The normalized spacial score (nSPS) is 13.8. The van der Waals surface area contributed by atoms with E-state index in [1.165, 1.54) is 17.2 Å². The van der Waals surface area contributed by atoms with Crippen LogP contribution in [0.2, 0.25) is 0 Å². The van der Waals surface area contributed by atoms with Crippen LogP contribution in [0.3, 0.4) is 0 Å². The van der Waals surface area contributed by atoms with Crippen LogP contribution in [-0.2, 0) is 21.3 Å². The lowest BCUT2D eigenvalue weighted by Gasteiger charge is -2.28. The second-order valence-electron chi connectivity index (χ2n) is 6.95. The Bertz CT molecular complexity index is 1080. The van der Waals surface area contributed by atoms with Gasteiger partial charge in [0.25, 0.3) is 5.91 Å². The summed E-state index contributed by atoms with van der Waals surface area (Å²) in [6, 6.07) is 6.11. The van der Waals surface area contributed by atoms with E-state index < -0.39 is 10.8 Å². The summed E-state index contributed by atoms with van der Waals surface area (Å²) in [6.45, 7) is 6.25. The molecular weight excluding hydrogens is 420 g/mol. The molecule has 0 fully saturated rings. The number of hydrogen-bond donors (Lipinski definition) is 1. The summed E-state index contributed by atoms with van der Waals surface area (Å²) in [5, 5.41) is 0. The number of hydrogen-bond acceptors (Lipinski definition) is 6. The van der Waals surface area contributed by atoms with Crippen molar-refractivity contribution in [2.45, 2.75) is 19.1 Å². The SMILES string of the molecule is C=CCN1C(=O)COc2ccc(C(=O)CS(=O)Cc3cc(=O)c(OCCC)c[nH]3)cc21. The van der Waals surface area contributed by atoms with Gasteiger partial charge in [0.15, 0.2) is 18.1 Å². The Morgan fingerprint density at radius 2 is 2.16 bits per heavy atom. The van der Waals surface area contributed by atoms with Crippen LogP contribution in [0.4, 0.5) is 5.69 Å². The number of ketones is 1. The molecule has 1 aromatic heterocycles. The third kappa shape index (κ3) is 5.49. The number of aromatic nitrogens is 1. The molecular formula is C22H24N2O6S. The molecule has 2 heterocycles. The minimum atomic E-state index is -1.53. The maximum absolute atomic E-state index is 12.7. The zero-order valence-electron chi connectivity index (χ0n) is 17.2. The van der Waals surface area contributed by atoms with Crippen LogP contribution in [0.25, 0.3) is 0 Å². The summed E-state index contributed by atoms with van der Waals surface area (Å²) in [5.74, 6) is -0.0294. The van der Waals surface area contributed by atoms with Gasteiger partial charge in [0, 0.05) is 40.9 Å². The van der Waals surface area contributed by atoms with Crippen LogP contribution in [-0.4, -0.2) is 46.4 Å². The van der Waals surface area contributed by atoms with E-state index in [2.05, 4.69) is 11.6 Å². The first kappa shape index (κ1) is 22.5. The van der Waals surface area contributed by atoms with Gasteiger partial charge in [-0.15, -0.1) is 6.58 Å². The highest BCUT2D eigenvalue weighted by Gasteiger charge is 2.26. The van der Waals surface area contributed by atoms with E-state index in [-0.39, 0.29) is 41.0 Å². The summed E-state index contributed by atoms with van der Waals surface area (Å²) in [4.78, 5) is 41.2. The molecule has 1 N–H and O–H groups in total. The number of anilines is 1. The number of rotatable bonds is 10. The van der Waals surface area contributed by atoms with E-state index in [0.717, 1.165) is 6.42 Å². The molecule has 2 aromatic rings. The molecule has 8 nitrogen and oxygen atoms in total. The Balaban J connectivity index is 1.68. The number of nitrogens with one attached hydrogen (secondary N) is 1. The highest BCUT2D eigenvalue weighted by Crippen LogP contribution is 2.33. The lowest BCUT2D eigenvalue weighted by atomic mass is 10.1. The van der Waals surface area contributed by atoms with Crippen molar-refractivity contribution in [1.82, 2.24) is 4.98 Å². The fourth-order valence-corrected chi connectivity index (χ4v) is 4.14. The number of nitrogens with zero attached hydrogens (tertiary/aromatic N) is 1. The van der Waals surface area contributed by atoms with E-state index in [0.29, 0.717) is 35.8 Å². The van der Waals surface area contributed by atoms with Crippen LogP contribution >= 0.6 is 0 Å². The Labute approximate surface area is 182 Å². The summed E-state index contributed by atoms with van der Waals surface area (Å²) in [7, 11) is -1.53. The third-order valence-corrected chi connectivity index (χ3v) is 5.76. The molecule has 1 atom stereocenters. The number of benzene rings is 1. The standard InChI is InChI=1S/C22H24N2O6S/c1-3-7-24-17-9-15(5-6-20(17)30-12-22(24)27)19(26)14-31(28)13-16-10-18(25)21(11-23-16)29-8-4-2/h3,5-6,9-11H,1,4,7-8,12-14H2,2H3,(H,23,25). The third-order valence-electron chi connectivity index (χ3n) is 4.54. The van der Waals surface area contributed by atoms with Gasteiger partial charge in [-0.1, -0.05) is 13.0 Å². The Hall–Kier alpha value is -3.20. The van der Waals surface area contributed by atoms with Gasteiger partial charge < -0.3 is 19.4 Å². The lowest BCUT2D eigenvalue weighted by molar-refractivity contribution is -0.121. The van der Waals surface area contributed by atoms with E-state index in [9.17, 15) is 18.6 Å². The van der Waals surface area contributed by atoms with Crippen molar-refractivity contribution in [2.24, 2.45) is 0 Å². The largest absolute Gasteiger partial charge is 0.488 e. The summed E-state index contributed by atoms with van der Waals surface area (Å²) >= 11 is 0. The van der Waals surface area contributed by atoms with Crippen molar-refractivity contribution in [3.63, 3.8) is 0 Å². The second kappa shape index (κ2) is 10.2. The molecule has 0 radical (unpaired) electrons. The number of pyridine rings is 1. The minimum Gasteiger partial charge on any atom is -0.488 e. The van der Waals surface area contributed by atoms with Crippen LogP contribution in [0.1, 0.15) is 29.4 Å². The first-order valence-electron chi connectivity index (χ1n) is 9.83. The molecule has 0 saturated heterocycles. The maximum atomic E-state index is 12.7. The number of Topliss-reactive ketones (excluding diaryl/α,β-unsaturated/α-hetero) is 1. The first-order valence-corrected chi connectivity index (χ1v) is 11.3. The van der Waals surface area contributed by atoms with E-state index in [4.69, 9.17) is 9.47 Å². The molecule has 0 saturated carbocycles. The van der Waals surface area contributed by atoms with Gasteiger partial charge in [0.05, 0.1) is 23.8 Å². The van der Waals surface area contributed by atoms with Crippen molar-refractivity contribution in [1.29, 1.82) is 0 Å². The molecule has 9 heteroatoms. The molecule has 1 aromatic carbocycles. The van der Waals surface area contributed by atoms with Gasteiger partial charge in [-0.2, -0.15) is 0 Å². The van der Waals surface area contributed by atoms with E-state index >= 15 is 0 Å². The first-order chi connectivity index (χ1) is 14.9. The van der Waals surface area contributed by atoms with Gasteiger partial charge >= 0.3 is 0 Å². The van der Waals surface area contributed by atoms with Gasteiger partial charge in [-0.3, -0.25) is 18.6 Å². The average molecular weight is 445 g/mol. The van der Waals surface area contributed by atoms with Crippen molar-refractivity contribution in [2.75, 3.05) is 30.4 Å². The van der Waals surface area contributed by atoms with Gasteiger partial charge in [0.1, 0.15) is 5.75 Å². The van der Waals surface area contributed by atoms with Gasteiger partial charge in [-0.25, -0.2) is 0 Å². The zero-order chi connectivity index (χ0) is 22.4. The molecule has 0 bridgehead atoms. The van der Waals surface area contributed by atoms with Crippen LogP contribution in [0.5, 0.6) is 11.5 Å². The number of ether oxygens (including phenoxy) is 2. The fraction of sp³-hybridized carbons (Fsp3) is 0.318. The zero-order valence-corrected chi connectivity index (χ0v) is 18.0. The molecule has 1 aliphatic rings. The molecule has 1 unspecified atom stereocenters. The number of carbonyl (C=O) groups excluding carboxylic acids is 2. The minimum absolute atomic E-state index is 0.0319. The Morgan fingerprint density at radius 3 is 2.87 bits per heavy atom. The maximum Gasteiger partial charge on any atom is 0.265 e. The van der Waals surface area contributed by atoms with Crippen molar-refractivity contribution in [3.8, 4) is 11.5 Å². The number of aromatic amines is 1. The highest BCUT2D eigenvalue weighted by molar-refractivity contribution is 7.85. The Kier molecular flexibility index (Phi) is 7.41. The average Bonchev–Trinajstić information content (AvgIpc) is 2.75. The van der Waals surface area contributed by atoms with Crippen molar-refractivity contribution < 1.29 is 23.3 Å². The van der Waals surface area contributed by atoms with Crippen molar-refractivity contribution in [3.05, 3.63) is 64.6 Å². The number of carbonyl (C=O) groups is 2. The number of fused-ring (bicyclic) bond motifs is 1. The second-order valence-corrected chi connectivity index (χ2v) is 8.41. The fourth-order valence-electron chi connectivity index (χ4n) is 3.07. The Morgan fingerprint density at radius 1 is 1.35 bits per heavy atom. The van der Waals surface area contributed by atoms with E-state index in [1.807, 2.05) is 6.92 Å². The summed E-state index contributed by atoms with van der Waals surface area (Å²) in [6.07, 6.45) is 3.82. The topological polar surface area (TPSA) is 106 Å². The molecule has 1 amide bonds. The van der Waals surface area contributed by atoms with Crippen LogP contribution in [0.15, 0.2) is 47.9 Å². The lowest BCUT2D eigenvalue weighted by Crippen LogP contribution is -2.39. The van der Waals surface area contributed by atoms with Crippen LogP contribution < -0.4 is 19.8 Å². The monoisotopic (exact) mass is 444 g/mol. The summed E-state index contributed by atoms with van der Waals surface area (Å²) < 4.78 is 23.2. The highest BCUT2D eigenvalue weighted by atomic mass is 32.2. The predicted molar refractivity (Wildman–Crippen MR) is 118 cm³/mol. The number of amides is 1. The molecule has 31 heavy (non-hydrogen) atoms.